The van der Waals surface area contributed by atoms with Crippen molar-refractivity contribution in [3.05, 3.63) is 0 Å². The molecule has 1 rings (SSSR count). The minimum atomic E-state index is -0.196. The molecule has 0 saturated heterocycles. The molecule has 0 aromatic rings. The first-order valence-electron chi connectivity index (χ1n) is 6.59. The molecule has 0 radical (unpaired) electrons. The van der Waals surface area contributed by atoms with Gasteiger partial charge in [-0.25, -0.2) is 0 Å². The number of carbonyl (C=O) groups is 1. The highest BCUT2D eigenvalue weighted by Gasteiger charge is 2.43. The number of ether oxygens (including phenoxy) is 1. The van der Waals surface area contributed by atoms with Crippen LogP contribution in [-0.2, 0) is 9.53 Å². The lowest BCUT2D eigenvalue weighted by molar-refractivity contribution is -0.138. The molecule has 1 aliphatic rings. The summed E-state index contributed by atoms with van der Waals surface area (Å²) in [6, 6.07) is 0.104. The molecule has 0 aliphatic heterocycles. The van der Waals surface area contributed by atoms with E-state index < -0.39 is 0 Å². The number of carbonyl (C=O) groups excluding carboxylic acids is 1. The lowest BCUT2D eigenvalue weighted by Gasteiger charge is -2.41. The van der Waals surface area contributed by atoms with Crippen LogP contribution < -0.4 is 5.32 Å². The fourth-order valence-electron chi connectivity index (χ4n) is 2.36. The quantitative estimate of drug-likeness (QED) is 0.678. The van der Waals surface area contributed by atoms with Gasteiger partial charge in [-0.1, -0.05) is 13.3 Å². The number of aliphatic hydroxyl groups is 1. The Hall–Kier alpha value is -0.610. The van der Waals surface area contributed by atoms with Gasteiger partial charge in [0.15, 0.2) is 0 Å². The molecule has 1 unspecified atom stereocenters. The number of rotatable bonds is 8. The summed E-state index contributed by atoms with van der Waals surface area (Å²) in [6.07, 6.45) is 5.39. The Labute approximate surface area is 104 Å². The SMILES string of the molecule is CCC(CCO)NC(=O)C1(CCOC)CCC1. The first-order chi connectivity index (χ1) is 8.18. The van der Waals surface area contributed by atoms with E-state index in [0.717, 1.165) is 32.1 Å². The first kappa shape index (κ1) is 14.5. The van der Waals surface area contributed by atoms with E-state index in [9.17, 15) is 4.79 Å². The van der Waals surface area contributed by atoms with E-state index in [1.807, 2.05) is 6.92 Å². The summed E-state index contributed by atoms with van der Waals surface area (Å²) in [4.78, 5) is 12.2. The van der Waals surface area contributed by atoms with Crippen molar-refractivity contribution < 1.29 is 14.6 Å². The van der Waals surface area contributed by atoms with Gasteiger partial charge >= 0.3 is 0 Å². The van der Waals surface area contributed by atoms with Gasteiger partial charge < -0.3 is 15.2 Å². The van der Waals surface area contributed by atoms with Crippen LogP contribution in [-0.4, -0.2) is 37.4 Å². The molecule has 1 atom stereocenters. The van der Waals surface area contributed by atoms with Crippen molar-refractivity contribution in [2.24, 2.45) is 5.41 Å². The predicted molar refractivity (Wildman–Crippen MR) is 66.7 cm³/mol. The van der Waals surface area contributed by atoms with Crippen LogP contribution >= 0.6 is 0 Å². The van der Waals surface area contributed by atoms with E-state index in [2.05, 4.69) is 5.32 Å². The highest BCUT2D eigenvalue weighted by molar-refractivity contribution is 5.83. The zero-order valence-electron chi connectivity index (χ0n) is 11.0. The van der Waals surface area contributed by atoms with Gasteiger partial charge in [0, 0.05) is 26.4 Å². The van der Waals surface area contributed by atoms with Gasteiger partial charge in [0.05, 0.1) is 5.41 Å². The number of amides is 1. The Morgan fingerprint density at radius 3 is 2.65 bits per heavy atom. The molecule has 17 heavy (non-hydrogen) atoms. The predicted octanol–water partition coefficient (Wildman–Crippen LogP) is 1.47. The van der Waals surface area contributed by atoms with E-state index in [1.54, 1.807) is 7.11 Å². The maximum absolute atomic E-state index is 12.2. The largest absolute Gasteiger partial charge is 0.396 e. The molecule has 4 heteroatoms. The van der Waals surface area contributed by atoms with Crippen molar-refractivity contribution >= 4 is 5.91 Å². The molecule has 2 N–H and O–H groups in total. The van der Waals surface area contributed by atoms with Crippen LogP contribution in [0.4, 0.5) is 0 Å². The van der Waals surface area contributed by atoms with Gasteiger partial charge in [-0.2, -0.15) is 0 Å². The lowest BCUT2D eigenvalue weighted by atomic mass is 9.66. The molecule has 4 nitrogen and oxygen atoms in total. The highest BCUT2D eigenvalue weighted by Crippen LogP contribution is 2.44. The van der Waals surface area contributed by atoms with E-state index in [4.69, 9.17) is 9.84 Å². The second-order valence-electron chi connectivity index (χ2n) is 4.97. The van der Waals surface area contributed by atoms with Crippen molar-refractivity contribution in [2.75, 3.05) is 20.3 Å². The standard InChI is InChI=1S/C13H25NO3/c1-3-11(5-9-15)14-12(16)13(6-4-7-13)8-10-17-2/h11,15H,3-10H2,1-2H3,(H,14,16). The third kappa shape index (κ3) is 3.68. The van der Waals surface area contributed by atoms with Crippen molar-refractivity contribution in [1.82, 2.24) is 5.32 Å². The van der Waals surface area contributed by atoms with Crippen molar-refractivity contribution in [3.63, 3.8) is 0 Å². The van der Waals surface area contributed by atoms with Crippen LogP contribution in [0.25, 0.3) is 0 Å². The zero-order chi connectivity index (χ0) is 12.7. The number of hydrogen-bond acceptors (Lipinski definition) is 3. The Balaban J connectivity index is 2.48. The Morgan fingerprint density at radius 2 is 2.24 bits per heavy atom. The molecule has 0 heterocycles. The molecular weight excluding hydrogens is 218 g/mol. The minimum Gasteiger partial charge on any atom is -0.396 e. The van der Waals surface area contributed by atoms with Crippen molar-refractivity contribution in [1.29, 1.82) is 0 Å². The summed E-state index contributed by atoms with van der Waals surface area (Å²) in [6.45, 7) is 2.80. The van der Waals surface area contributed by atoms with Gasteiger partial charge in [0.25, 0.3) is 0 Å². The van der Waals surface area contributed by atoms with E-state index in [1.165, 1.54) is 0 Å². The summed E-state index contributed by atoms with van der Waals surface area (Å²) in [5.41, 5.74) is -0.196. The Kier molecular flexibility index (Phi) is 5.92. The number of methoxy groups -OCH3 is 1. The molecule has 1 saturated carbocycles. The average Bonchev–Trinajstić information content (AvgIpc) is 2.27. The van der Waals surface area contributed by atoms with Crippen LogP contribution in [0.5, 0.6) is 0 Å². The minimum absolute atomic E-state index is 0.104. The smallest absolute Gasteiger partial charge is 0.226 e. The molecule has 0 aromatic carbocycles. The van der Waals surface area contributed by atoms with E-state index in [-0.39, 0.29) is 24.0 Å². The van der Waals surface area contributed by atoms with Crippen molar-refractivity contribution in [2.45, 2.75) is 51.5 Å². The average molecular weight is 243 g/mol. The van der Waals surface area contributed by atoms with Gasteiger partial charge in [-0.05, 0) is 32.1 Å². The molecule has 1 fully saturated rings. The lowest BCUT2D eigenvalue weighted by Crippen LogP contribution is -2.49. The normalized spacial score (nSPS) is 19.5. The maximum Gasteiger partial charge on any atom is 0.226 e. The number of hydrogen-bond donors (Lipinski definition) is 2. The van der Waals surface area contributed by atoms with Crippen molar-refractivity contribution in [3.8, 4) is 0 Å². The molecule has 1 amide bonds. The number of aliphatic hydroxyl groups excluding tert-OH is 1. The molecule has 100 valence electrons. The van der Waals surface area contributed by atoms with Crippen LogP contribution in [0.1, 0.15) is 45.4 Å². The first-order valence-corrected chi connectivity index (χ1v) is 6.59. The molecule has 0 spiro atoms. The highest BCUT2D eigenvalue weighted by atomic mass is 16.5. The Bertz CT molecular complexity index is 239. The summed E-state index contributed by atoms with van der Waals surface area (Å²) < 4.78 is 5.08. The molecule has 0 aromatic heterocycles. The fraction of sp³-hybridized carbons (Fsp3) is 0.923. The fourth-order valence-corrected chi connectivity index (χ4v) is 2.36. The number of nitrogens with one attached hydrogen (secondary N) is 1. The zero-order valence-corrected chi connectivity index (χ0v) is 11.0. The topological polar surface area (TPSA) is 58.6 Å². The third-order valence-corrected chi connectivity index (χ3v) is 3.88. The van der Waals surface area contributed by atoms with Crippen LogP contribution in [0, 0.1) is 5.41 Å². The molecule has 0 bridgehead atoms. The summed E-state index contributed by atoms with van der Waals surface area (Å²) >= 11 is 0. The third-order valence-electron chi connectivity index (χ3n) is 3.88. The maximum atomic E-state index is 12.2. The van der Waals surface area contributed by atoms with Gasteiger partial charge in [0.2, 0.25) is 5.91 Å². The van der Waals surface area contributed by atoms with E-state index in [0.29, 0.717) is 13.0 Å². The second-order valence-corrected chi connectivity index (χ2v) is 4.97. The van der Waals surface area contributed by atoms with Gasteiger partial charge in [0.1, 0.15) is 0 Å². The summed E-state index contributed by atoms with van der Waals surface area (Å²) in [5, 5.41) is 12.0. The summed E-state index contributed by atoms with van der Waals surface area (Å²) in [7, 11) is 1.67. The van der Waals surface area contributed by atoms with Crippen LogP contribution in [0.2, 0.25) is 0 Å². The van der Waals surface area contributed by atoms with Crippen LogP contribution in [0.15, 0.2) is 0 Å². The molecule has 1 aliphatic carbocycles. The van der Waals surface area contributed by atoms with E-state index >= 15 is 0 Å². The second kappa shape index (κ2) is 6.97. The van der Waals surface area contributed by atoms with Gasteiger partial charge in [-0.15, -0.1) is 0 Å². The Morgan fingerprint density at radius 1 is 1.53 bits per heavy atom. The monoisotopic (exact) mass is 243 g/mol. The molecular formula is C13H25NO3. The van der Waals surface area contributed by atoms with Gasteiger partial charge in [-0.3, -0.25) is 4.79 Å². The summed E-state index contributed by atoms with van der Waals surface area (Å²) in [5.74, 6) is 0.154. The van der Waals surface area contributed by atoms with Crippen LogP contribution in [0.3, 0.4) is 0 Å².